The molecule has 0 bridgehead atoms. The second kappa shape index (κ2) is 8.81. The predicted octanol–water partition coefficient (Wildman–Crippen LogP) is 5.50. The summed E-state index contributed by atoms with van der Waals surface area (Å²) in [6, 6.07) is 10.5. The number of carbonyl (C=O) groups is 2. The summed E-state index contributed by atoms with van der Waals surface area (Å²) in [5.74, 6) is -0.113. The van der Waals surface area contributed by atoms with E-state index in [0.29, 0.717) is 20.5 Å². The van der Waals surface area contributed by atoms with Crippen molar-refractivity contribution in [1.29, 1.82) is 0 Å². The molecule has 3 rings (SSSR count). The van der Waals surface area contributed by atoms with Crippen molar-refractivity contribution >= 4 is 57.8 Å². The summed E-state index contributed by atoms with van der Waals surface area (Å²) in [4.78, 5) is 30.2. The van der Waals surface area contributed by atoms with E-state index < -0.39 is 5.97 Å². The summed E-state index contributed by atoms with van der Waals surface area (Å²) in [6.45, 7) is 1.65. The highest BCUT2D eigenvalue weighted by Gasteiger charge is 2.16. The van der Waals surface area contributed by atoms with Gasteiger partial charge in [0, 0.05) is 16.0 Å². The molecule has 0 aliphatic carbocycles. The van der Waals surface area contributed by atoms with Gasteiger partial charge in [-0.25, -0.2) is 9.78 Å². The Kier molecular flexibility index (Phi) is 6.48. The second-order valence-corrected chi connectivity index (χ2v) is 9.04. The molecule has 2 heterocycles. The Bertz CT molecular complexity index is 935. The predicted molar refractivity (Wildman–Crippen MR) is 107 cm³/mol. The molecule has 2 aromatic heterocycles. The summed E-state index contributed by atoms with van der Waals surface area (Å²) >= 11 is 10.1. The molecule has 0 saturated heterocycles. The summed E-state index contributed by atoms with van der Waals surface area (Å²) in [6.07, 6.45) is 0. The molecule has 4 nitrogen and oxygen atoms in total. The largest absolute Gasteiger partial charge is 0.454 e. The number of rotatable bonds is 7. The third-order valence-electron chi connectivity index (χ3n) is 3.33. The lowest BCUT2D eigenvalue weighted by atomic mass is 10.2. The average Bonchev–Trinajstić information content (AvgIpc) is 3.26. The van der Waals surface area contributed by atoms with Gasteiger partial charge in [0.2, 0.25) is 5.78 Å². The van der Waals surface area contributed by atoms with E-state index in [9.17, 15) is 9.59 Å². The van der Waals surface area contributed by atoms with E-state index >= 15 is 0 Å². The molecule has 0 spiro atoms. The molecule has 0 aliphatic heterocycles. The highest BCUT2D eigenvalue weighted by molar-refractivity contribution is 7.98. The highest BCUT2D eigenvalue weighted by atomic mass is 35.5. The first-order valence-electron chi connectivity index (χ1n) is 7.61. The number of thioether (sulfide) groups is 1. The van der Waals surface area contributed by atoms with E-state index in [1.54, 1.807) is 35.6 Å². The Balaban J connectivity index is 1.62. The van der Waals surface area contributed by atoms with Gasteiger partial charge in [-0.2, -0.15) is 0 Å². The quantitative estimate of drug-likeness (QED) is 0.285. The van der Waals surface area contributed by atoms with Crippen LogP contribution in [0, 0.1) is 6.92 Å². The van der Waals surface area contributed by atoms with Crippen LogP contribution in [0.2, 0.25) is 4.34 Å². The molecular formula is C18H14ClNO3S3. The molecule has 3 aromatic rings. The van der Waals surface area contributed by atoms with E-state index in [4.69, 9.17) is 16.3 Å². The molecule has 0 atom stereocenters. The molecule has 0 unspecified atom stereocenters. The van der Waals surface area contributed by atoms with Crippen LogP contribution in [0.3, 0.4) is 0 Å². The molecule has 0 N–H and O–H groups in total. The van der Waals surface area contributed by atoms with E-state index in [1.165, 1.54) is 23.1 Å². The fourth-order valence-electron chi connectivity index (χ4n) is 2.13. The van der Waals surface area contributed by atoms with Gasteiger partial charge in [-0.15, -0.1) is 34.4 Å². The Morgan fingerprint density at radius 3 is 2.73 bits per heavy atom. The molecule has 8 heteroatoms. The minimum absolute atomic E-state index is 0.265. The molecule has 0 aliphatic rings. The van der Waals surface area contributed by atoms with Gasteiger partial charge in [0.1, 0.15) is 0 Å². The van der Waals surface area contributed by atoms with Crippen LogP contribution in [0.25, 0.3) is 0 Å². The standard InChI is InChI=1S/C18H14ClNO3S3/c1-11-20-12(9-24-11)10-25-15-5-3-2-4-13(15)18(22)23-8-14(21)16-6-7-17(19)26-16/h2-7,9H,8,10H2,1H3. The summed E-state index contributed by atoms with van der Waals surface area (Å²) < 4.78 is 5.73. The van der Waals surface area contributed by atoms with Crippen molar-refractivity contribution in [3.05, 3.63) is 67.3 Å². The lowest BCUT2D eigenvalue weighted by molar-refractivity contribution is 0.0472. The van der Waals surface area contributed by atoms with Gasteiger partial charge in [0.15, 0.2) is 6.61 Å². The van der Waals surface area contributed by atoms with Crippen LogP contribution in [0.5, 0.6) is 0 Å². The Morgan fingerprint density at radius 2 is 2.04 bits per heavy atom. The number of esters is 1. The molecule has 0 amide bonds. The number of carbonyl (C=O) groups excluding carboxylic acids is 2. The van der Waals surface area contributed by atoms with Crippen molar-refractivity contribution in [1.82, 2.24) is 4.98 Å². The Morgan fingerprint density at radius 1 is 1.23 bits per heavy atom. The lowest BCUT2D eigenvalue weighted by Gasteiger charge is -2.08. The maximum Gasteiger partial charge on any atom is 0.339 e. The highest BCUT2D eigenvalue weighted by Crippen LogP contribution is 2.27. The van der Waals surface area contributed by atoms with Crippen molar-refractivity contribution in [3.63, 3.8) is 0 Å². The van der Waals surface area contributed by atoms with Crippen LogP contribution in [0.15, 0.2) is 46.7 Å². The second-order valence-electron chi connectivity index (χ2n) is 5.25. The zero-order chi connectivity index (χ0) is 18.5. The van der Waals surface area contributed by atoms with E-state index in [-0.39, 0.29) is 12.4 Å². The van der Waals surface area contributed by atoms with Gasteiger partial charge in [0.05, 0.1) is 25.5 Å². The summed E-state index contributed by atoms with van der Waals surface area (Å²) in [5, 5.41) is 3.02. The number of ether oxygens (including phenoxy) is 1. The summed E-state index contributed by atoms with van der Waals surface area (Å²) in [7, 11) is 0. The van der Waals surface area contributed by atoms with Gasteiger partial charge in [-0.1, -0.05) is 23.7 Å². The van der Waals surface area contributed by atoms with Crippen molar-refractivity contribution in [3.8, 4) is 0 Å². The molecule has 0 fully saturated rings. The molecule has 1 aromatic carbocycles. The smallest absolute Gasteiger partial charge is 0.339 e. The number of ketones is 1. The monoisotopic (exact) mass is 423 g/mol. The number of Topliss-reactive ketones (excluding diaryl/α,β-unsaturated/α-hetero) is 1. The first-order valence-corrected chi connectivity index (χ1v) is 10.7. The van der Waals surface area contributed by atoms with Gasteiger partial charge < -0.3 is 4.74 Å². The van der Waals surface area contributed by atoms with Crippen LogP contribution >= 0.6 is 46.0 Å². The van der Waals surface area contributed by atoms with Crippen molar-refractivity contribution in [2.75, 3.05) is 6.61 Å². The topological polar surface area (TPSA) is 56.3 Å². The normalized spacial score (nSPS) is 10.7. The van der Waals surface area contributed by atoms with Crippen molar-refractivity contribution in [2.45, 2.75) is 17.6 Å². The molecule has 26 heavy (non-hydrogen) atoms. The van der Waals surface area contributed by atoms with Crippen LogP contribution in [0.4, 0.5) is 0 Å². The Labute approximate surface area is 168 Å². The number of aryl methyl sites for hydroxylation is 1. The van der Waals surface area contributed by atoms with Crippen molar-refractivity contribution in [2.24, 2.45) is 0 Å². The van der Waals surface area contributed by atoms with E-state index in [2.05, 4.69) is 4.98 Å². The van der Waals surface area contributed by atoms with Crippen LogP contribution < -0.4 is 0 Å². The number of thiazole rings is 1. The molecule has 0 radical (unpaired) electrons. The average molecular weight is 424 g/mol. The third kappa shape index (κ3) is 4.94. The number of hydrogen-bond acceptors (Lipinski definition) is 7. The zero-order valence-electron chi connectivity index (χ0n) is 13.7. The number of hydrogen-bond donors (Lipinski definition) is 0. The number of thiophene rings is 1. The van der Waals surface area contributed by atoms with E-state index in [1.807, 2.05) is 24.4 Å². The van der Waals surface area contributed by atoms with E-state index in [0.717, 1.165) is 15.6 Å². The maximum absolute atomic E-state index is 12.4. The molecule has 134 valence electrons. The van der Waals surface area contributed by atoms with Gasteiger partial charge >= 0.3 is 5.97 Å². The zero-order valence-corrected chi connectivity index (χ0v) is 16.9. The number of benzene rings is 1. The fraction of sp³-hybridized carbons (Fsp3) is 0.167. The van der Waals surface area contributed by atoms with Crippen LogP contribution in [-0.2, 0) is 10.5 Å². The number of halogens is 1. The van der Waals surface area contributed by atoms with Crippen LogP contribution in [0.1, 0.15) is 30.7 Å². The first kappa shape index (κ1) is 19.1. The fourth-order valence-corrected chi connectivity index (χ4v) is 4.75. The maximum atomic E-state index is 12.4. The lowest BCUT2D eigenvalue weighted by Crippen LogP contribution is -2.14. The minimum Gasteiger partial charge on any atom is -0.454 e. The Hall–Kier alpha value is -1.67. The van der Waals surface area contributed by atoms with Gasteiger partial charge in [0.25, 0.3) is 0 Å². The third-order valence-corrected chi connectivity index (χ3v) is 6.53. The molecule has 0 saturated carbocycles. The number of aromatic nitrogens is 1. The first-order chi connectivity index (χ1) is 12.5. The van der Waals surface area contributed by atoms with Crippen molar-refractivity contribution < 1.29 is 14.3 Å². The van der Waals surface area contributed by atoms with Gasteiger partial charge in [-0.05, 0) is 31.2 Å². The number of nitrogens with zero attached hydrogens (tertiary/aromatic N) is 1. The SMILES string of the molecule is Cc1nc(CSc2ccccc2C(=O)OCC(=O)c2ccc(Cl)s2)cs1. The summed E-state index contributed by atoms with van der Waals surface area (Å²) in [5.41, 5.74) is 1.42. The van der Waals surface area contributed by atoms with Crippen LogP contribution in [-0.4, -0.2) is 23.3 Å². The molecular weight excluding hydrogens is 410 g/mol. The minimum atomic E-state index is -0.515. The van der Waals surface area contributed by atoms with Gasteiger partial charge in [-0.3, -0.25) is 4.79 Å².